The van der Waals surface area contributed by atoms with E-state index in [1.165, 1.54) is 4.90 Å². The highest BCUT2D eigenvalue weighted by Gasteiger charge is 2.51. The number of fused-ring (bicyclic) bond motifs is 2. The van der Waals surface area contributed by atoms with Gasteiger partial charge in [-0.15, -0.1) is 0 Å². The van der Waals surface area contributed by atoms with Crippen molar-refractivity contribution in [3.8, 4) is 5.75 Å². The molecule has 0 spiro atoms. The second-order valence-electron chi connectivity index (χ2n) is 12.0. The van der Waals surface area contributed by atoms with Gasteiger partial charge in [0.05, 0.1) is 13.2 Å². The van der Waals surface area contributed by atoms with Crippen molar-refractivity contribution in [1.82, 2.24) is 9.80 Å². The van der Waals surface area contributed by atoms with Gasteiger partial charge in [-0.3, -0.25) is 14.9 Å². The van der Waals surface area contributed by atoms with Crippen LogP contribution in [0.25, 0.3) is 0 Å². The molecule has 2 fully saturated rings. The first-order valence-electron chi connectivity index (χ1n) is 16.4. The lowest BCUT2D eigenvalue weighted by Gasteiger charge is -2.39. The number of benzene rings is 2. The van der Waals surface area contributed by atoms with Gasteiger partial charge < -0.3 is 49.2 Å². The zero-order valence-electron chi connectivity index (χ0n) is 27.7. The molecule has 0 saturated carbocycles. The van der Waals surface area contributed by atoms with Crippen molar-refractivity contribution in [2.75, 3.05) is 19.8 Å². The van der Waals surface area contributed by atoms with Gasteiger partial charge >= 0.3 is 12.2 Å². The lowest BCUT2D eigenvalue weighted by molar-refractivity contribution is -0.180. The van der Waals surface area contributed by atoms with Crippen LogP contribution < -0.4 is 4.74 Å². The molecule has 4 aliphatic heterocycles. The number of aliphatic hydroxyl groups excluding tert-OH is 5. The number of rotatable bonds is 9. The van der Waals surface area contributed by atoms with E-state index in [1.807, 2.05) is 6.07 Å². The van der Waals surface area contributed by atoms with Crippen molar-refractivity contribution in [2.45, 2.75) is 86.3 Å². The van der Waals surface area contributed by atoms with E-state index in [0.717, 1.165) is 34.0 Å². The summed E-state index contributed by atoms with van der Waals surface area (Å²) < 4.78 is 29.0. The lowest BCUT2D eigenvalue weighted by Crippen LogP contribution is -2.56. The van der Waals surface area contributed by atoms with Gasteiger partial charge in [0.25, 0.3) is 0 Å². The lowest BCUT2D eigenvalue weighted by atomic mass is 9.99. The summed E-state index contributed by atoms with van der Waals surface area (Å²) in [6.07, 6.45) is -10.3. The number of amidine groups is 2. The minimum atomic E-state index is -1.44. The smallest absolute Gasteiger partial charge is 0.421 e. The first kappa shape index (κ1) is 37.5. The van der Waals surface area contributed by atoms with Crippen LogP contribution in [0.15, 0.2) is 70.6 Å². The van der Waals surface area contributed by atoms with Crippen LogP contribution in [0.4, 0.5) is 9.59 Å². The van der Waals surface area contributed by atoms with Gasteiger partial charge in [-0.25, -0.2) is 14.5 Å². The third kappa shape index (κ3) is 8.20. The fourth-order valence-corrected chi connectivity index (χ4v) is 8.40. The van der Waals surface area contributed by atoms with Gasteiger partial charge in [-0.1, -0.05) is 72.1 Å². The summed E-state index contributed by atoms with van der Waals surface area (Å²) in [5.74, 6) is 0.356. The van der Waals surface area contributed by atoms with E-state index in [1.54, 1.807) is 68.4 Å². The molecule has 51 heavy (non-hydrogen) atoms. The predicted molar refractivity (Wildman–Crippen MR) is 185 cm³/mol. The Labute approximate surface area is 302 Å². The van der Waals surface area contributed by atoms with Crippen LogP contribution in [0.1, 0.15) is 19.4 Å². The number of ether oxygens (including phenoxy) is 5. The van der Waals surface area contributed by atoms with Crippen LogP contribution in [0.2, 0.25) is 0 Å². The minimum Gasteiger partial charge on any atom is -0.444 e. The second-order valence-corrected chi connectivity index (χ2v) is 14.2. The highest BCUT2D eigenvalue weighted by atomic mass is 32.2. The number of para-hydroxylation sites is 1. The Hall–Kier alpha value is -3.30. The van der Waals surface area contributed by atoms with Gasteiger partial charge in [-0.05, 0) is 31.5 Å². The fourth-order valence-electron chi connectivity index (χ4n) is 5.83. The Morgan fingerprint density at radius 3 is 2.02 bits per heavy atom. The Kier molecular flexibility index (Phi) is 12.2. The molecule has 0 radical (unpaired) electrons. The molecule has 6 rings (SSSR count). The molecule has 1 unspecified atom stereocenters. The molecule has 18 heteroatoms. The molecule has 4 heterocycles. The maximum atomic E-state index is 13.6. The van der Waals surface area contributed by atoms with E-state index in [9.17, 15) is 35.1 Å². The fraction of sp³-hybridized carbons (Fsp3) is 0.515. The summed E-state index contributed by atoms with van der Waals surface area (Å²) in [6.45, 7) is 2.64. The first-order valence-corrected chi connectivity index (χ1v) is 18.1. The number of thioether (sulfide) groups is 2. The van der Waals surface area contributed by atoms with Crippen molar-refractivity contribution in [2.24, 2.45) is 9.98 Å². The van der Waals surface area contributed by atoms with E-state index >= 15 is 0 Å². The van der Waals surface area contributed by atoms with E-state index < -0.39 is 84.6 Å². The van der Waals surface area contributed by atoms with Crippen molar-refractivity contribution in [1.29, 1.82) is 0 Å². The van der Waals surface area contributed by atoms with Crippen LogP contribution in [-0.2, 0) is 25.6 Å². The summed E-state index contributed by atoms with van der Waals surface area (Å²) in [6, 6.07) is 15.7. The highest BCUT2D eigenvalue weighted by Crippen LogP contribution is 2.40. The number of hydrogen-bond donors (Lipinski definition) is 5. The number of carbonyl (C=O) groups is 2. The predicted octanol–water partition coefficient (Wildman–Crippen LogP) is 1.34. The molecule has 4 aliphatic rings. The maximum absolute atomic E-state index is 13.6. The Morgan fingerprint density at radius 2 is 1.39 bits per heavy atom. The SMILES string of the molecule is CCN(C(=O)Oc1ccccc1)C1=N[C@@H]2[C@@H](O)[C@H](O)[C@@H](COC(C)N(C(=O)OCc3ccccc3)C3=N[C@@H]4[C@@H](O)[C@H](O)[C@@H](CO)O[C@@H]4S3)O[C@@H]2S1. The molecule has 2 amide bonds. The van der Waals surface area contributed by atoms with Gasteiger partial charge in [0.1, 0.15) is 78.2 Å². The molecule has 2 aromatic carbocycles. The molecule has 0 aromatic heterocycles. The maximum Gasteiger partial charge on any atom is 0.421 e. The average molecular weight is 749 g/mol. The van der Waals surface area contributed by atoms with E-state index in [2.05, 4.69) is 9.98 Å². The van der Waals surface area contributed by atoms with Crippen molar-refractivity contribution < 1.29 is 58.8 Å². The summed E-state index contributed by atoms with van der Waals surface area (Å²) in [7, 11) is 0. The van der Waals surface area contributed by atoms with Gasteiger partial charge in [0.15, 0.2) is 10.3 Å². The van der Waals surface area contributed by atoms with E-state index in [0.29, 0.717) is 5.75 Å². The molecule has 11 atom stereocenters. The molecule has 2 saturated heterocycles. The van der Waals surface area contributed by atoms with Crippen LogP contribution >= 0.6 is 23.5 Å². The van der Waals surface area contributed by atoms with E-state index in [-0.39, 0.29) is 30.1 Å². The van der Waals surface area contributed by atoms with Crippen LogP contribution in [0.5, 0.6) is 5.75 Å². The van der Waals surface area contributed by atoms with Gasteiger partial charge in [0, 0.05) is 6.54 Å². The van der Waals surface area contributed by atoms with Crippen LogP contribution in [-0.4, -0.2) is 143 Å². The number of aliphatic hydroxyl groups is 5. The summed E-state index contributed by atoms with van der Waals surface area (Å²) in [5, 5.41) is 53.2. The number of aliphatic imine (C=N–C) groups is 2. The second kappa shape index (κ2) is 16.6. The third-order valence-electron chi connectivity index (χ3n) is 8.67. The first-order chi connectivity index (χ1) is 24.6. The molecule has 0 bridgehead atoms. The standard InChI is InChI=1S/C33H40N4O12S2/c1-3-36(32(43)47-19-12-8-5-9-13-19)30-34-22-27(42)25(40)21(49-29(22)50-30)16-45-17(2)37(33(44)46-15-18-10-6-4-7-11-18)31-35-23-26(41)24(39)20(14-38)48-28(23)51-31/h4-13,17,20-29,38-42H,3,14-16H2,1-2H3/t17?,20-,21-,22-,23-,24-,25-,26-,27-,28-,29-/m1/s1. The van der Waals surface area contributed by atoms with E-state index in [4.69, 9.17) is 23.7 Å². The zero-order valence-corrected chi connectivity index (χ0v) is 29.3. The number of amides is 2. The summed E-state index contributed by atoms with van der Waals surface area (Å²) in [4.78, 5) is 37.9. The van der Waals surface area contributed by atoms with Crippen molar-refractivity contribution in [3.63, 3.8) is 0 Å². The van der Waals surface area contributed by atoms with Crippen LogP contribution in [0, 0.1) is 0 Å². The van der Waals surface area contributed by atoms with Crippen molar-refractivity contribution in [3.05, 3.63) is 66.2 Å². The van der Waals surface area contributed by atoms with Gasteiger partial charge in [0.2, 0.25) is 0 Å². The number of hydrogen-bond acceptors (Lipinski definition) is 16. The molecular formula is C33H40N4O12S2. The Morgan fingerprint density at radius 1 is 0.824 bits per heavy atom. The summed E-state index contributed by atoms with van der Waals surface area (Å²) >= 11 is 2.10. The van der Waals surface area contributed by atoms with Gasteiger partial charge in [-0.2, -0.15) is 0 Å². The normalized spacial score (nSPS) is 31.8. The largest absolute Gasteiger partial charge is 0.444 e. The summed E-state index contributed by atoms with van der Waals surface area (Å²) in [5.41, 5.74) is -0.853. The molecule has 0 aliphatic carbocycles. The minimum absolute atomic E-state index is 0.0644. The zero-order chi connectivity index (χ0) is 36.2. The highest BCUT2D eigenvalue weighted by molar-refractivity contribution is 8.14. The monoisotopic (exact) mass is 748 g/mol. The quantitative estimate of drug-likeness (QED) is 0.229. The molecular weight excluding hydrogens is 709 g/mol. The average Bonchev–Trinajstić information content (AvgIpc) is 3.75. The number of nitrogens with zero attached hydrogens (tertiary/aromatic N) is 4. The molecule has 2 aromatic rings. The molecule has 5 N–H and O–H groups in total. The Balaban J connectivity index is 1.12. The molecule has 276 valence electrons. The van der Waals surface area contributed by atoms with Crippen LogP contribution in [0.3, 0.4) is 0 Å². The molecule has 16 nitrogen and oxygen atoms in total. The third-order valence-corrected chi connectivity index (χ3v) is 11.0. The Bertz CT molecular complexity index is 1580. The van der Waals surface area contributed by atoms with Crippen molar-refractivity contribution >= 4 is 46.0 Å². The number of carbonyl (C=O) groups excluding carboxylic acids is 2. The topological polar surface area (TPSA) is 213 Å².